The van der Waals surface area contributed by atoms with Gasteiger partial charge < -0.3 is 16.3 Å². The van der Waals surface area contributed by atoms with Crippen LogP contribution in [-0.2, 0) is 0 Å². The van der Waals surface area contributed by atoms with Crippen molar-refractivity contribution in [2.45, 2.75) is 25.3 Å². The van der Waals surface area contributed by atoms with Gasteiger partial charge in [0.1, 0.15) is 5.84 Å². The van der Waals surface area contributed by atoms with Gasteiger partial charge in [0.05, 0.1) is 8.66 Å². The Kier molecular flexibility index (Phi) is 4.23. The van der Waals surface area contributed by atoms with Crippen LogP contribution in [0.15, 0.2) is 21.1 Å². The van der Waals surface area contributed by atoms with Crippen LogP contribution in [0.2, 0.25) is 0 Å². The van der Waals surface area contributed by atoms with Gasteiger partial charge in [-0.2, -0.15) is 0 Å². The first kappa shape index (κ1) is 13.4. The molecule has 18 heavy (non-hydrogen) atoms. The molecule has 1 heterocycles. The van der Waals surface area contributed by atoms with E-state index in [2.05, 4.69) is 26.4 Å². The fourth-order valence-electron chi connectivity index (χ4n) is 2.24. The minimum absolute atomic E-state index is 0.0470. The van der Waals surface area contributed by atoms with Gasteiger partial charge in [-0.25, -0.2) is 0 Å². The van der Waals surface area contributed by atoms with E-state index in [4.69, 9.17) is 10.9 Å². The third kappa shape index (κ3) is 2.84. The molecule has 0 spiro atoms. The Morgan fingerprint density at radius 1 is 1.56 bits per heavy atom. The number of nitrogens with two attached hydrogens (primary N) is 1. The summed E-state index contributed by atoms with van der Waals surface area (Å²) in [5.41, 5.74) is 5.63. The topological polar surface area (TPSA) is 87.7 Å². The minimum atomic E-state index is -0.103. The summed E-state index contributed by atoms with van der Waals surface area (Å²) in [5, 5.41) is 14.7. The summed E-state index contributed by atoms with van der Waals surface area (Å²) in [7, 11) is 0. The van der Waals surface area contributed by atoms with Crippen molar-refractivity contribution in [1.29, 1.82) is 0 Å². The molecule has 1 aromatic heterocycles. The van der Waals surface area contributed by atoms with Crippen LogP contribution < -0.4 is 11.1 Å². The SMILES string of the molecule is NC(=NO)C1CCCC1NC(=O)c1ccc(Br)s1. The smallest absolute Gasteiger partial charge is 0.261 e. The predicted octanol–water partition coefficient (Wildman–Crippen LogP) is 2.16. The highest BCUT2D eigenvalue weighted by atomic mass is 79.9. The summed E-state index contributed by atoms with van der Waals surface area (Å²) in [6.07, 6.45) is 2.67. The van der Waals surface area contributed by atoms with Crippen molar-refractivity contribution in [3.8, 4) is 0 Å². The number of nitrogens with zero attached hydrogens (tertiary/aromatic N) is 1. The number of oxime groups is 1. The molecular weight excluding hydrogens is 318 g/mol. The summed E-state index contributed by atoms with van der Waals surface area (Å²) in [6.45, 7) is 0. The molecule has 0 aliphatic heterocycles. The maximum Gasteiger partial charge on any atom is 0.261 e. The molecule has 2 atom stereocenters. The largest absolute Gasteiger partial charge is 0.409 e. The molecule has 1 aliphatic carbocycles. The summed E-state index contributed by atoms with van der Waals surface area (Å²) < 4.78 is 0.923. The molecule has 4 N–H and O–H groups in total. The molecule has 2 unspecified atom stereocenters. The van der Waals surface area contributed by atoms with Crippen LogP contribution >= 0.6 is 27.3 Å². The molecule has 1 aliphatic rings. The Bertz CT molecular complexity index is 475. The van der Waals surface area contributed by atoms with Crippen molar-refractivity contribution in [3.63, 3.8) is 0 Å². The Labute approximate surface area is 117 Å². The molecule has 0 radical (unpaired) electrons. The monoisotopic (exact) mass is 331 g/mol. The average molecular weight is 332 g/mol. The number of thiophene rings is 1. The Morgan fingerprint density at radius 2 is 2.33 bits per heavy atom. The van der Waals surface area contributed by atoms with Crippen molar-refractivity contribution in [2.75, 3.05) is 0 Å². The summed E-state index contributed by atoms with van der Waals surface area (Å²) in [6, 6.07) is 3.57. The number of hydrogen-bond donors (Lipinski definition) is 3. The molecule has 1 fully saturated rings. The number of carbonyl (C=O) groups excluding carboxylic acids is 1. The Balaban J connectivity index is 2.03. The predicted molar refractivity (Wildman–Crippen MR) is 74.0 cm³/mol. The number of amides is 1. The van der Waals surface area contributed by atoms with Crippen LogP contribution in [0.4, 0.5) is 0 Å². The number of rotatable bonds is 3. The van der Waals surface area contributed by atoms with Crippen LogP contribution in [0.5, 0.6) is 0 Å². The van der Waals surface area contributed by atoms with Crippen LogP contribution in [0.3, 0.4) is 0 Å². The molecule has 98 valence electrons. The highest BCUT2D eigenvalue weighted by Crippen LogP contribution is 2.27. The van der Waals surface area contributed by atoms with E-state index in [1.54, 1.807) is 6.07 Å². The summed E-state index contributed by atoms with van der Waals surface area (Å²) in [5.74, 6) is 0.0286. The zero-order valence-corrected chi connectivity index (χ0v) is 12.0. The minimum Gasteiger partial charge on any atom is -0.409 e. The molecule has 0 saturated heterocycles. The molecule has 0 aromatic carbocycles. The van der Waals surface area contributed by atoms with Gasteiger partial charge in [0.2, 0.25) is 0 Å². The van der Waals surface area contributed by atoms with Crippen LogP contribution in [-0.4, -0.2) is 23.0 Å². The molecule has 1 saturated carbocycles. The maximum absolute atomic E-state index is 12.0. The fourth-order valence-corrected chi connectivity index (χ4v) is 3.53. The molecular formula is C11H14BrN3O2S. The number of amidine groups is 1. The highest BCUT2D eigenvalue weighted by Gasteiger charge is 2.32. The lowest BCUT2D eigenvalue weighted by atomic mass is 10.0. The number of nitrogens with one attached hydrogen (secondary N) is 1. The second kappa shape index (κ2) is 5.71. The van der Waals surface area contributed by atoms with E-state index in [9.17, 15) is 4.79 Å². The van der Waals surface area contributed by atoms with E-state index < -0.39 is 0 Å². The van der Waals surface area contributed by atoms with Gasteiger partial charge in [0.15, 0.2) is 0 Å². The summed E-state index contributed by atoms with van der Waals surface area (Å²) >= 11 is 4.71. The van der Waals surface area contributed by atoms with Crippen molar-refractivity contribution in [1.82, 2.24) is 5.32 Å². The molecule has 1 aromatic rings. The van der Waals surface area contributed by atoms with Crippen molar-refractivity contribution in [3.05, 3.63) is 20.8 Å². The van der Waals surface area contributed by atoms with E-state index in [0.717, 1.165) is 23.0 Å². The van der Waals surface area contributed by atoms with Crippen LogP contribution in [0.25, 0.3) is 0 Å². The first-order valence-corrected chi connectivity index (χ1v) is 7.26. The van der Waals surface area contributed by atoms with E-state index in [-0.39, 0.29) is 23.7 Å². The van der Waals surface area contributed by atoms with Gasteiger partial charge in [-0.1, -0.05) is 11.6 Å². The molecule has 1 amide bonds. The van der Waals surface area contributed by atoms with Crippen molar-refractivity contribution < 1.29 is 10.0 Å². The molecule has 2 rings (SSSR count). The van der Waals surface area contributed by atoms with E-state index in [1.807, 2.05) is 6.07 Å². The Morgan fingerprint density at radius 3 is 2.94 bits per heavy atom. The van der Waals surface area contributed by atoms with Gasteiger partial charge in [-0.15, -0.1) is 11.3 Å². The second-order valence-electron chi connectivity index (χ2n) is 4.25. The first-order valence-electron chi connectivity index (χ1n) is 5.65. The number of hydrogen-bond acceptors (Lipinski definition) is 4. The lowest BCUT2D eigenvalue weighted by molar-refractivity contribution is 0.0937. The Hall–Kier alpha value is -1.08. The van der Waals surface area contributed by atoms with Crippen molar-refractivity contribution in [2.24, 2.45) is 16.8 Å². The third-order valence-electron chi connectivity index (χ3n) is 3.12. The molecule has 7 heteroatoms. The highest BCUT2D eigenvalue weighted by molar-refractivity contribution is 9.11. The number of halogens is 1. The first-order chi connectivity index (χ1) is 8.61. The van der Waals surface area contributed by atoms with Crippen LogP contribution in [0, 0.1) is 5.92 Å². The number of carbonyl (C=O) groups is 1. The van der Waals surface area contributed by atoms with E-state index in [0.29, 0.717) is 4.88 Å². The second-order valence-corrected chi connectivity index (χ2v) is 6.71. The molecule has 5 nitrogen and oxygen atoms in total. The standard InChI is InChI=1S/C11H14BrN3O2S/c12-9-5-4-8(18-9)11(16)14-7-3-1-2-6(7)10(13)15-17/h4-7,17H,1-3H2,(H2,13,15)(H,14,16). The van der Waals surface area contributed by atoms with Crippen LogP contribution in [0.1, 0.15) is 28.9 Å². The third-order valence-corrected chi connectivity index (χ3v) is 4.75. The summed E-state index contributed by atoms with van der Waals surface area (Å²) in [4.78, 5) is 12.7. The van der Waals surface area contributed by atoms with Gasteiger partial charge in [0, 0.05) is 12.0 Å². The van der Waals surface area contributed by atoms with Gasteiger partial charge in [-0.05, 0) is 40.9 Å². The van der Waals surface area contributed by atoms with E-state index in [1.165, 1.54) is 11.3 Å². The lowest BCUT2D eigenvalue weighted by Gasteiger charge is -2.19. The fraction of sp³-hybridized carbons (Fsp3) is 0.455. The zero-order valence-electron chi connectivity index (χ0n) is 9.60. The van der Waals surface area contributed by atoms with Gasteiger partial charge >= 0.3 is 0 Å². The maximum atomic E-state index is 12.0. The lowest BCUT2D eigenvalue weighted by Crippen LogP contribution is -2.42. The molecule has 0 bridgehead atoms. The average Bonchev–Trinajstić information content (AvgIpc) is 2.97. The normalized spacial score (nSPS) is 24.2. The van der Waals surface area contributed by atoms with Gasteiger partial charge in [0.25, 0.3) is 5.91 Å². The van der Waals surface area contributed by atoms with Crippen molar-refractivity contribution >= 4 is 39.0 Å². The zero-order chi connectivity index (χ0) is 13.1. The quantitative estimate of drug-likeness (QED) is 0.343. The van der Waals surface area contributed by atoms with E-state index >= 15 is 0 Å². The van der Waals surface area contributed by atoms with Gasteiger partial charge in [-0.3, -0.25) is 4.79 Å².